The first kappa shape index (κ1) is 19.2. The van der Waals surface area contributed by atoms with E-state index in [0.717, 1.165) is 29.1 Å². The number of aliphatic hydroxyl groups is 1. The van der Waals surface area contributed by atoms with E-state index in [0.29, 0.717) is 24.4 Å². The van der Waals surface area contributed by atoms with Gasteiger partial charge in [-0.2, -0.15) is 5.10 Å². The van der Waals surface area contributed by atoms with Crippen LogP contribution in [0, 0.1) is 19.8 Å². The monoisotopic (exact) mass is 343 g/mol. The molecule has 5 nitrogen and oxygen atoms in total. The molecule has 0 aliphatic carbocycles. The van der Waals surface area contributed by atoms with E-state index in [1.807, 2.05) is 35.9 Å². The minimum absolute atomic E-state index is 0.0523. The number of carbonyl (C=O) groups excluding carboxylic acids is 1. The van der Waals surface area contributed by atoms with Crippen LogP contribution in [0.15, 0.2) is 24.3 Å². The number of hydrogen-bond acceptors (Lipinski definition) is 3. The van der Waals surface area contributed by atoms with Crippen molar-refractivity contribution < 1.29 is 9.90 Å². The van der Waals surface area contributed by atoms with Gasteiger partial charge in [0, 0.05) is 29.9 Å². The Balaban J connectivity index is 2.03. The summed E-state index contributed by atoms with van der Waals surface area (Å²) in [7, 11) is 0. The Morgan fingerprint density at radius 1 is 1.24 bits per heavy atom. The van der Waals surface area contributed by atoms with Crippen molar-refractivity contribution in [2.75, 3.05) is 5.32 Å². The van der Waals surface area contributed by atoms with Crippen LogP contribution < -0.4 is 5.32 Å². The molecule has 1 aromatic heterocycles. The van der Waals surface area contributed by atoms with Gasteiger partial charge in [-0.25, -0.2) is 0 Å². The highest BCUT2D eigenvalue weighted by Crippen LogP contribution is 2.23. The molecular weight excluding hydrogens is 314 g/mol. The van der Waals surface area contributed by atoms with Crippen molar-refractivity contribution in [1.29, 1.82) is 0 Å². The van der Waals surface area contributed by atoms with Crippen molar-refractivity contribution in [2.24, 2.45) is 5.92 Å². The highest BCUT2D eigenvalue weighted by atomic mass is 16.3. The summed E-state index contributed by atoms with van der Waals surface area (Å²) < 4.78 is 2.04. The van der Waals surface area contributed by atoms with Gasteiger partial charge in [-0.1, -0.05) is 32.0 Å². The Morgan fingerprint density at radius 3 is 2.56 bits per heavy atom. The van der Waals surface area contributed by atoms with Crippen LogP contribution >= 0.6 is 0 Å². The van der Waals surface area contributed by atoms with E-state index in [-0.39, 0.29) is 5.91 Å². The summed E-state index contributed by atoms with van der Waals surface area (Å²) >= 11 is 0. The Labute approximate surface area is 150 Å². The zero-order valence-corrected chi connectivity index (χ0v) is 15.8. The molecule has 0 radical (unpaired) electrons. The largest absolute Gasteiger partial charge is 0.389 e. The van der Waals surface area contributed by atoms with Crippen molar-refractivity contribution in [2.45, 2.75) is 60.1 Å². The molecular formula is C20H29N3O2. The Morgan fingerprint density at radius 2 is 1.92 bits per heavy atom. The maximum atomic E-state index is 12.3. The van der Waals surface area contributed by atoms with Crippen LogP contribution in [-0.4, -0.2) is 20.8 Å². The molecule has 0 bridgehead atoms. The van der Waals surface area contributed by atoms with Crippen LogP contribution in [0.4, 0.5) is 5.69 Å². The molecule has 1 heterocycles. The summed E-state index contributed by atoms with van der Waals surface area (Å²) in [5.74, 6) is 0.481. The molecule has 0 fully saturated rings. The second-order valence-corrected chi connectivity index (χ2v) is 7.04. The first-order chi connectivity index (χ1) is 11.8. The van der Waals surface area contributed by atoms with Crippen LogP contribution in [0.1, 0.15) is 55.8 Å². The molecule has 136 valence electrons. The molecule has 1 unspecified atom stereocenters. The van der Waals surface area contributed by atoms with Gasteiger partial charge < -0.3 is 10.4 Å². The molecule has 5 heteroatoms. The third-order valence-electron chi connectivity index (χ3n) is 4.36. The van der Waals surface area contributed by atoms with Gasteiger partial charge in [0.15, 0.2) is 0 Å². The summed E-state index contributed by atoms with van der Waals surface area (Å²) in [4.78, 5) is 12.3. The van der Waals surface area contributed by atoms with E-state index in [1.165, 1.54) is 0 Å². The van der Waals surface area contributed by atoms with Gasteiger partial charge in [-0.15, -0.1) is 0 Å². The zero-order chi connectivity index (χ0) is 18.6. The first-order valence-corrected chi connectivity index (χ1v) is 8.89. The number of aromatic nitrogens is 2. The molecule has 0 spiro atoms. The zero-order valence-electron chi connectivity index (χ0n) is 15.8. The molecule has 1 amide bonds. The molecule has 2 N–H and O–H groups in total. The second kappa shape index (κ2) is 8.30. The Hall–Kier alpha value is -2.14. The summed E-state index contributed by atoms with van der Waals surface area (Å²) in [6, 6.07) is 7.35. The maximum absolute atomic E-state index is 12.3. The van der Waals surface area contributed by atoms with Gasteiger partial charge in [-0.05, 0) is 44.7 Å². The first-order valence-electron chi connectivity index (χ1n) is 8.89. The van der Waals surface area contributed by atoms with E-state index in [1.54, 1.807) is 6.92 Å². The molecule has 0 saturated carbocycles. The predicted octanol–water partition coefficient (Wildman–Crippen LogP) is 3.78. The number of aliphatic hydroxyl groups excluding tert-OH is 1. The average molecular weight is 343 g/mol. The maximum Gasteiger partial charge on any atom is 0.224 e. The minimum atomic E-state index is -0.616. The average Bonchev–Trinajstić information content (AvgIpc) is 2.79. The van der Waals surface area contributed by atoms with E-state index >= 15 is 0 Å². The summed E-state index contributed by atoms with van der Waals surface area (Å²) in [5.41, 5.74) is 4.69. The lowest BCUT2D eigenvalue weighted by Crippen LogP contribution is -2.14. The van der Waals surface area contributed by atoms with Crippen molar-refractivity contribution >= 4 is 11.6 Å². The smallest absolute Gasteiger partial charge is 0.224 e. The number of rotatable bonds is 7. The molecule has 0 aliphatic heterocycles. The number of anilines is 1. The van der Waals surface area contributed by atoms with Gasteiger partial charge >= 0.3 is 0 Å². The van der Waals surface area contributed by atoms with E-state index in [2.05, 4.69) is 31.2 Å². The Bertz CT molecular complexity index is 733. The lowest BCUT2D eigenvalue weighted by molar-refractivity contribution is -0.116. The lowest BCUT2D eigenvalue weighted by atomic mass is 10.1. The van der Waals surface area contributed by atoms with Crippen LogP contribution in [-0.2, 0) is 17.8 Å². The number of amides is 1. The lowest BCUT2D eigenvalue weighted by Gasteiger charge is -2.13. The van der Waals surface area contributed by atoms with Crippen LogP contribution in [0.2, 0.25) is 0 Å². The van der Waals surface area contributed by atoms with Crippen molar-refractivity contribution in [3.63, 3.8) is 0 Å². The van der Waals surface area contributed by atoms with E-state index in [4.69, 9.17) is 0 Å². The summed E-state index contributed by atoms with van der Waals surface area (Å²) in [6.45, 7) is 11.0. The number of benzene rings is 1. The quantitative estimate of drug-likeness (QED) is 0.804. The summed E-state index contributed by atoms with van der Waals surface area (Å²) in [6.07, 6.45) is 0.442. The van der Waals surface area contributed by atoms with Crippen LogP contribution in [0.3, 0.4) is 0 Å². The summed E-state index contributed by atoms with van der Waals surface area (Å²) in [5, 5.41) is 17.3. The normalized spacial score (nSPS) is 12.4. The standard InChI is InChI=1S/C20H29N3O2/c1-13(2)12-23-15(4)17(14(3)22-23)10-11-20(25)21-19-9-7-6-8-18(19)16(5)24/h6-9,13,16,24H,10-12H2,1-5H3,(H,21,25). The fourth-order valence-corrected chi connectivity index (χ4v) is 3.05. The van der Waals surface area contributed by atoms with Crippen molar-refractivity contribution in [3.05, 3.63) is 46.8 Å². The minimum Gasteiger partial charge on any atom is -0.389 e. The van der Waals surface area contributed by atoms with Crippen molar-refractivity contribution in [1.82, 2.24) is 9.78 Å². The molecule has 0 aliphatic rings. The van der Waals surface area contributed by atoms with Gasteiger partial charge in [0.05, 0.1) is 11.8 Å². The second-order valence-electron chi connectivity index (χ2n) is 7.04. The van der Waals surface area contributed by atoms with Gasteiger partial charge in [0.1, 0.15) is 0 Å². The predicted molar refractivity (Wildman–Crippen MR) is 101 cm³/mol. The van der Waals surface area contributed by atoms with Crippen LogP contribution in [0.25, 0.3) is 0 Å². The third kappa shape index (κ3) is 4.92. The number of para-hydroxylation sites is 1. The van der Waals surface area contributed by atoms with Crippen LogP contribution in [0.5, 0.6) is 0 Å². The number of carbonyl (C=O) groups is 1. The van der Waals surface area contributed by atoms with E-state index < -0.39 is 6.10 Å². The molecule has 1 aromatic carbocycles. The number of hydrogen-bond donors (Lipinski definition) is 2. The van der Waals surface area contributed by atoms with E-state index in [9.17, 15) is 9.90 Å². The molecule has 25 heavy (non-hydrogen) atoms. The van der Waals surface area contributed by atoms with Gasteiger partial charge in [-0.3, -0.25) is 9.48 Å². The Kier molecular flexibility index (Phi) is 6.37. The number of aryl methyl sites for hydroxylation is 1. The topological polar surface area (TPSA) is 67.2 Å². The van der Waals surface area contributed by atoms with Crippen molar-refractivity contribution in [3.8, 4) is 0 Å². The molecule has 0 saturated heterocycles. The SMILES string of the molecule is Cc1nn(CC(C)C)c(C)c1CCC(=O)Nc1ccccc1C(C)O. The third-order valence-corrected chi connectivity index (χ3v) is 4.36. The van der Waals surface area contributed by atoms with Gasteiger partial charge in [0.2, 0.25) is 5.91 Å². The molecule has 2 aromatic rings. The molecule has 2 rings (SSSR count). The number of nitrogens with zero attached hydrogens (tertiary/aromatic N) is 2. The molecule has 1 atom stereocenters. The fourth-order valence-electron chi connectivity index (χ4n) is 3.05. The number of nitrogens with one attached hydrogen (secondary N) is 1. The highest BCUT2D eigenvalue weighted by Gasteiger charge is 2.15. The highest BCUT2D eigenvalue weighted by molar-refractivity contribution is 5.91. The fraction of sp³-hybridized carbons (Fsp3) is 0.500. The van der Waals surface area contributed by atoms with Gasteiger partial charge in [0.25, 0.3) is 0 Å².